The first-order chi connectivity index (χ1) is 5.35. The van der Waals surface area contributed by atoms with Crippen molar-refractivity contribution in [3.63, 3.8) is 0 Å². The third-order valence-corrected chi connectivity index (χ3v) is 1.49. The van der Waals surface area contributed by atoms with Gasteiger partial charge in [0.1, 0.15) is 6.34 Å². The molecule has 0 bridgehead atoms. The Kier molecular flexibility index (Phi) is 6.68. The van der Waals surface area contributed by atoms with E-state index in [0.29, 0.717) is 6.04 Å². The van der Waals surface area contributed by atoms with Crippen LogP contribution in [-0.4, -0.2) is 18.6 Å². The van der Waals surface area contributed by atoms with Gasteiger partial charge in [0, 0.05) is 6.21 Å². The lowest BCUT2D eigenvalue weighted by atomic mass is 10.2. The maximum Gasteiger partial charge on any atom is 0.103 e. The van der Waals surface area contributed by atoms with E-state index in [-0.39, 0.29) is 0 Å². The summed E-state index contributed by atoms with van der Waals surface area (Å²) in [5.41, 5.74) is 2.71. The lowest BCUT2D eigenvalue weighted by Gasteiger charge is -2.03. The minimum Gasteiger partial charge on any atom is -0.271 e. The van der Waals surface area contributed by atoms with E-state index in [2.05, 4.69) is 29.4 Å². The van der Waals surface area contributed by atoms with Crippen molar-refractivity contribution in [1.82, 2.24) is 5.43 Å². The zero-order valence-electron chi connectivity index (χ0n) is 7.54. The van der Waals surface area contributed by atoms with Crippen molar-refractivity contribution in [3.8, 4) is 0 Å². The van der Waals surface area contributed by atoms with Crippen LogP contribution < -0.4 is 5.43 Å². The molecular formula is C8H17N3. The molecular weight excluding hydrogens is 138 g/mol. The van der Waals surface area contributed by atoms with Crippen molar-refractivity contribution in [1.29, 1.82) is 0 Å². The van der Waals surface area contributed by atoms with Crippen molar-refractivity contribution >= 4 is 12.6 Å². The average molecular weight is 155 g/mol. The topological polar surface area (TPSA) is 36.8 Å². The Bertz CT molecular complexity index is 125. The lowest BCUT2D eigenvalue weighted by Crippen LogP contribution is -2.07. The zero-order valence-corrected chi connectivity index (χ0v) is 7.54. The van der Waals surface area contributed by atoms with Crippen LogP contribution in [0.1, 0.15) is 33.6 Å². The molecule has 0 rings (SSSR count). The third-order valence-electron chi connectivity index (χ3n) is 1.49. The zero-order chi connectivity index (χ0) is 8.53. The van der Waals surface area contributed by atoms with Gasteiger partial charge in [-0.1, -0.05) is 13.8 Å². The van der Waals surface area contributed by atoms with Crippen LogP contribution in [0, 0.1) is 0 Å². The summed E-state index contributed by atoms with van der Waals surface area (Å²) in [7, 11) is 0. The number of nitrogens with one attached hydrogen (secondary N) is 1. The Morgan fingerprint density at radius 1 is 1.36 bits per heavy atom. The summed E-state index contributed by atoms with van der Waals surface area (Å²) in [4.78, 5) is 4.25. The van der Waals surface area contributed by atoms with Gasteiger partial charge in [0.05, 0.1) is 6.04 Å². The number of hydrazone groups is 1. The van der Waals surface area contributed by atoms with E-state index in [1.807, 2.05) is 6.92 Å². The summed E-state index contributed by atoms with van der Waals surface area (Å²) < 4.78 is 0. The highest BCUT2D eigenvalue weighted by Gasteiger charge is 1.95. The molecule has 3 heteroatoms. The first-order valence-corrected chi connectivity index (χ1v) is 4.09. The molecule has 0 spiro atoms. The first-order valence-electron chi connectivity index (χ1n) is 4.09. The van der Waals surface area contributed by atoms with Crippen molar-refractivity contribution in [3.05, 3.63) is 0 Å². The number of hydrogen-bond acceptors (Lipinski definition) is 2. The van der Waals surface area contributed by atoms with E-state index in [9.17, 15) is 0 Å². The summed E-state index contributed by atoms with van der Waals surface area (Å²) >= 11 is 0. The summed E-state index contributed by atoms with van der Waals surface area (Å²) in [6.45, 7) is 6.13. The van der Waals surface area contributed by atoms with Gasteiger partial charge in [-0.25, -0.2) is 0 Å². The number of aliphatic imine (C=N–C) groups is 1. The molecule has 0 atom stereocenters. The fraction of sp³-hybridized carbons (Fsp3) is 0.750. The second kappa shape index (κ2) is 7.25. The molecule has 0 unspecified atom stereocenters. The fourth-order valence-electron chi connectivity index (χ4n) is 0.746. The Morgan fingerprint density at radius 2 is 2.00 bits per heavy atom. The quantitative estimate of drug-likeness (QED) is 0.367. The molecule has 1 N–H and O–H groups in total. The number of rotatable bonds is 5. The summed E-state index contributed by atoms with van der Waals surface area (Å²) in [6, 6.07) is 0.439. The highest BCUT2D eigenvalue weighted by molar-refractivity contribution is 5.59. The van der Waals surface area contributed by atoms with Crippen LogP contribution in [-0.2, 0) is 0 Å². The highest BCUT2D eigenvalue weighted by Crippen LogP contribution is 1.99. The van der Waals surface area contributed by atoms with Crippen LogP contribution in [0.3, 0.4) is 0 Å². The SMILES string of the molecule is C/C=N/NC=NC(CC)CC. The predicted molar refractivity (Wildman–Crippen MR) is 50.2 cm³/mol. The van der Waals surface area contributed by atoms with Crippen molar-refractivity contribution in [2.45, 2.75) is 39.7 Å². The maximum atomic E-state index is 4.25. The molecule has 3 nitrogen and oxygen atoms in total. The van der Waals surface area contributed by atoms with Crippen LogP contribution in [0.2, 0.25) is 0 Å². The molecule has 0 amide bonds. The van der Waals surface area contributed by atoms with Crippen LogP contribution in [0.4, 0.5) is 0 Å². The molecule has 0 aromatic rings. The summed E-state index contributed by atoms with van der Waals surface area (Å²) in [5.74, 6) is 0. The molecule has 0 aromatic carbocycles. The number of hydrogen-bond donors (Lipinski definition) is 1. The van der Waals surface area contributed by atoms with E-state index in [0.717, 1.165) is 12.8 Å². The van der Waals surface area contributed by atoms with E-state index in [1.165, 1.54) is 0 Å². The van der Waals surface area contributed by atoms with Gasteiger partial charge in [0.2, 0.25) is 0 Å². The van der Waals surface area contributed by atoms with Crippen LogP contribution >= 0.6 is 0 Å². The predicted octanol–water partition coefficient (Wildman–Crippen LogP) is 1.80. The van der Waals surface area contributed by atoms with E-state index in [4.69, 9.17) is 0 Å². The molecule has 0 heterocycles. The standard InChI is InChI=1S/C8H17N3/c1-4-8(5-2)9-7-11-10-6-3/h6-8H,4-5H2,1-3H3,(H,9,11)/b10-6+. The lowest BCUT2D eigenvalue weighted by molar-refractivity contribution is 0.631. The maximum absolute atomic E-state index is 4.25. The van der Waals surface area contributed by atoms with E-state index < -0.39 is 0 Å². The molecule has 64 valence electrons. The largest absolute Gasteiger partial charge is 0.271 e. The van der Waals surface area contributed by atoms with Gasteiger partial charge in [0.15, 0.2) is 0 Å². The molecule has 0 aliphatic rings. The Balaban J connectivity index is 3.52. The van der Waals surface area contributed by atoms with Crippen LogP contribution in [0.25, 0.3) is 0 Å². The highest BCUT2D eigenvalue weighted by atomic mass is 15.3. The van der Waals surface area contributed by atoms with Crippen LogP contribution in [0.5, 0.6) is 0 Å². The fourth-order valence-corrected chi connectivity index (χ4v) is 0.746. The molecule has 0 saturated carbocycles. The van der Waals surface area contributed by atoms with Gasteiger partial charge in [-0.15, -0.1) is 0 Å². The third kappa shape index (κ3) is 5.58. The Labute approximate surface area is 68.6 Å². The smallest absolute Gasteiger partial charge is 0.103 e. The van der Waals surface area contributed by atoms with Gasteiger partial charge in [-0.3, -0.25) is 10.4 Å². The second-order valence-electron chi connectivity index (χ2n) is 2.26. The molecule has 0 saturated heterocycles. The Morgan fingerprint density at radius 3 is 2.45 bits per heavy atom. The minimum atomic E-state index is 0.439. The van der Waals surface area contributed by atoms with Gasteiger partial charge in [-0.2, -0.15) is 5.10 Å². The molecule has 0 fully saturated rings. The molecule has 0 radical (unpaired) electrons. The molecule has 0 aliphatic carbocycles. The summed E-state index contributed by atoms with van der Waals surface area (Å²) in [6.07, 6.45) is 5.52. The van der Waals surface area contributed by atoms with Crippen molar-refractivity contribution in [2.24, 2.45) is 10.1 Å². The molecule has 0 aliphatic heterocycles. The number of nitrogens with zero attached hydrogens (tertiary/aromatic N) is 2. The van der Waals surface area contributed by atoms with E-state index in [1.54, 1.807) is 12.6 Å². The summed E-state index contributed by atoms with van der Waals surface area (Å²) in [5, 5.41) is 3.79. The monoisotopic (exact) mass is 155 g/mol. The second-order valence-corrected chi connectivity index (χ2v) is 2.26. The van der Waals surface area contributed by atoms with Gasteiger partial charge < -0.3 is 0 Å². The van der Waals surface area contributed by atoms with Crippen LogP contribution in [0.15, 0.2) is 10.1 Å². The Hall–Kier alpha value is -0.860. The molecule has 0 aromatic heterocycles. The van der Waals surface area contributed by atoms with Crippen molar-refractivity contribution in [2.75, 3.05) is 0 Å². The molecule has 11 heavy (non-hydrogen) atoms. The van der Waals surface area contributed by atoms with Crippen molar-refractivity contribution < 1.29 is 0 Å². The average Bonchev–Trinajstić information content (AvgIpc) is 2.05. The van der Waals surface area contributed by atoms with Gasteiger partial charge in [0.25, 0.3) is 0 Å². The van der Waals surface area contributed by atoms with E-state index >= 15 is 0 Å². The normalized spacial score (nSPS) is 12.0. The van der Waals surface area contributed by atoms with Gasteiger partial charge >= 0.3 is 0 Å². The minimum absolute atomic E-state index is 0.439. The van der Waals surface area contributed by atoms with Gasteiger partial charge in [-0.05, 0) is 19.8 Å². The first kappa shape index (κ1) is 10.1.